The number of benzene rings is 2. The Morgan fingerprint density at radius 1 is 1.20 bits per heavy atom. The van der Waals surface area contributed by atoms with E-state index in [0.717, 1.165) is 5.56 Å². The predicted octanol–water partition coefficient (Wildman–Crippen LogP) is 1.07. The molecular formula is C15H15BO4. The van der Waals surface area contributed by atoms with E-state index in [4.69, 9.17) is 4.74 Å². The van der Waals surface area contributed by atoms with Crippen LogP contribution in [0.2, 0.25) is 0 Å². The largest absolute Gasteiger partial charge is 0.492 e. The molecule has 0 bridgehead atoms. The van der Waals surface area contributed by atoms with Gasteiger partial charge < -0.3 is 14.8 Å². The molecule has 2 aromatic carbocycles. The van der Waals surface area contributed by atoms with E-state index in [1.807, 2.05) is 30.3 Å². The van der Waals surface area contributed by atoms with E-state index >= 15 is 0 Å². The first kappa shape index (κ1) is 14.3. The summed E-state index contributed by atoms with van der Waals surface area (Å²) in [7, 11) is -1.68. The smallest absolute Gasteiger partial charge is 0.489 e. The number of aldehydes is 1. The fourth-order valence-electron chi connectivity index (χ4n) is 2.02. The van der Waals surface area contributed by atoms with E-state index in [1.165, 1.54) is 6.07 Å². The molecule has 20 heavy (non-hydrogen) atoms. The van der Waals surface area contributed by atoms with Crippen LogP contribution in [0.4, 0.5) is 0 Å². The Bertz CT molecular complexity index is 596. The summed E-state index contributed by atoms with van der Waals surface area (Å²) >= 11 is 0. The molecule has 2 aromatic rings. The zero-order valence-electron chi connectivity index (χ0n) is 11.1. The van der Waals surface area contributed by atoms with Crippen LogP contribution in [0, 0.1) is 6.92 Å². The SMILES string of the molecule is Cc1cc(C=O)cc(B(O)O)c1OCc1ccccc1. The van der Waals surface area contributed by atoms with Crippen molar-refractivity contribution in [2.75, 3.05) is 0 Å². The van der Waals surface area contributed by atoms with Crippen molar-refractivity contribution in [2.45, 2.75) is 13.5 Å². The van der Waals surface area contributed by atoms with E-state index in [0.29, 0.717) is 29.8 Å². The molecule has 0 spiro atoms. The summed E-state index contributed by atoms with van der Waals surface area (Å²) < 4.78 is 5.68. The van der Waals surface area contributed by atoms with Gasteiger partial charge in [0.1, 0.15) is 18.6 Å². The molecule has 0 saturated carbocycles. The quantitative estimate of drug-likeness (QED) is 0.630. The molecule has 0 amide bonds. The second-order valence-corrected chi connectivity index (χ2v) is 4.52. The molecule has 0 atom stereocenters. The lowest BCUT2D eigenvalue weighted by Gasteiger charge is -2.14. The van der Waals surface area contributed by atoms with Crippen molar-refractivity contribution in [1.29, 1.82) is 0 Å². The summed E-state index contributed by atoms with van der Waals surface area (Å²) in [5.41, 5.74) is 2.25. The highest BCUT2D eigenvalue weighted by molar-refractivity contribution is 6.60. The Labute approximate surface area is 117 Å². The molecule has 0 aliphatic carbocycles. The van der Waals surface area contributed by atoms with Gasteiger partial charge in [-0.15, -0.1) is 0 Å². The second kappa shape index (κ2) is 6.37. The van der Waals surface area contributed by atoms with E-state index in [-0.39, 0.29) is 5.46 Å². The third-order valence-electron chi connectivity index (χ3n) is 2.97. The van der Waals surface area contributed by atoms with Crippen LogP contribution in [0.5, 0.6) is 5.75 Å². The topological polar surface area (TPSA) is 66.8 Å². The first-order valence-electron chi connectivity index (χ1n) is 6.24. The van der Waals surface area contributed by atoms with Crippen LogP contribution < -0.4 is 10.2 Å². The maximum absolute atomic E-state index is 10.8. The van der Waals surface area contributed by atoms with Gasteiger partial charge in [-0.2, -0.15) is 0 Å². The molecule has 5 heteroatoms. The summed E-state index contributed by atoms with van der Waals surface area (Å²) in [4.78, 5) is 10.8. The Hall–Kier alpha value is -2.11. The standard InChI is InChI=1S/C15H15BO4/c1-11-7-13(9-17)8-14(16(18)19)15(11)20-10-12-5-3-2-4-6-12/h2-9,18-19H,10H2,1H3. The van der Waals surface area contributed by atoms with Crippen molar-refractivity contribution < 1.29 is 19.6 Å². The number of carbonyl (C=O) groups excluding carboxylic acids is 1. The van der Waals surface area contributed by atoms with Crippen molar-refractivity contribution in [3.05, 3.63) is 59.2 Å². The van der Waals surface area contributed by atoms with Gasteiger partial charge in [0.15, 0.2) is 0 Å². The van der Waals surface area contributed by atoms with E-state index < -0.39 is 7.12 Å². The lowest BCUT2D eigenvalue weighted by Crippen LogP contribution is -2.32. The minimum absolute atomic E-state index is 0.197. The molecule has 2 N–H and O–H groups in total. The molecule has 0 unspecified atom stereocenters. The number of rotatable bonds is 5. The summed E-state index contributed by atoms with van der Waals surface area (Å²) in [6.45, 7) is 2.08. The zero-order chi connectivity index (χ0) is 14.5. The minimum Gasteiger partial charge on any atom is -0.489 e. The van der Waals surface area contributed by atoms with E-state index in [2.05, 4.69) is 0 Å². The van der Waals surface area contributed by atoms with Gasteiger partial charge in [0.25, 0.3) is 0 Å². The monoisotopic (exact) mass is 270 g/mol. The third-order valence-corrected chi connectivity index (χ3v) is 2.97. The van der Waals surface area contributed by atoms with Crippen molar-refractivity contribution in [3.63, 3.8) is 0 Å². The van der Waals surface area contributed by atoms with Crippen LogP contribution in [0.1, 0.15) is 21.5 Å². The van der Waals surface area contributed by atoms with Crippen molar-refractivity contribution in [1.82, 2.24) is 0 Å². The first-order valence-corrected chi connectivity index (χ1v) is 6.24. The molecule has 0 aliphatic heterocycles. The lowest BCUT2D eigenvalue weighted by molar-refractivity contribution is 0.112. The molecule has 0 aliphatic rings. The van der Waals surface area contributed by atoms with Gasteiger partial charge in [-0.25, -0.2) is 0 Å². The summed E-state index contributed by atoms with van der Waals surface area (Å²) in [5, 5.41) is 18.8. The Morgan fingerprint density at radius 3 is 2.50 bits per heavy atom. The Kier molecular flexibility index (Phi) is 4.55. The number of ether oxygens (including phenoxy) is 1. The number of hydrogen-bond donors (Lipinski definition) is 2. The summed E-state index contributed by atoms with van der Waals surface area (Å²) in [6, 6.07) is 12.6. The minimum atomic E-state index is -1.68. The van der Waals surface area contributed by atoms with Crippen LogP contribution in [-0.2, 0) is 6.61 Å². The number of carbonyl (C=O) groups is 1. The van der Waals surface area contributed by atoms with Gasteiger partial charge in [0, 0.05) is 11.0 Å². The average molecular weight is 270 g/mol. The summed E-state index contributed by atoms with van der Waals surface area (Å²) in [5.74, 6) is 0.398. The molecule has 0 saturated heterocycles. The van der Waals surface area contributed by atoms with Crippen LogP contribution in [0.15, 0.2) is 42.5 Å². The molecule has 102 valence electrons. The molecule has 2 rings (SSSR count). The van der Waals surface area contributed by atoms with E-state index in [9.17, 15) is 14.8 Å². The maximum Gasteiger partial charge on any atom is 0.492 e. The molecule has 0 aromatic heterocycles. The highest BCUT2D eigenvalue weighted by Gasteiger charge is 2.20. The van der Waals surface area contributed by atoms with E-state index in [1.54, 1.807) is 13.0 Å². The second-order valence-electron chi connectivity index (χ2n) is 4.52. The molecule has 0 fully saturated rings. The predicted molar refractivity (Wildman–Crippen MR) is 77.2 cm³/mol. The fraction of sp³-hybridized carbons (Fsp3) is 0.133. The van der Waals surface area contributed by atoms with Crippen LogP contribution in [0.3, 0.4) is 0 Å². The molecule has 0 heterocycles. The Morgan fingerprint density at radius 2 is 1.90 bits per heavy atom. The van der Waals surface area contributed by atoms with Crippen molar-refractivity contribution in [3.8, 4) is 5.75 Å². The average Bonchev–Trinajstić information content (AvgIpc) is 2.46. The lowest BCUT2D eigenvalue weighted by atomic mass is 9.77. The highest BCUT2D eigenvalue weighted by Crippen LogP contribution is 2.18. The highest BCUT2D eigenvalue weighted by atomic mass is 16.5. The van der Waals surface area contributed by atoms with Crippen LogP contribution >= 0.6 is 0 Å². The maximum atomic E-state index is 10.8. The molecule has 0 radical (unpaired) electrons. The number of aryl methyl sites for hydroxylation is 1. The van der Waals surface area contributed by atoms with Gasteiger partial charge in [0.2, 0.25) is 0 Å². The third kappa shape index (κ3) is 3.26. The van der Waals surface area contributed by atoms with Crippen molar-refractivity contribution >= 4 is 18.9 Å². The van der Waals surface area contributed by atoms with Gasteiger partial charge >= 0.3 is 7.12 Å². The van der Waals surface area contributed by atoms with Gasteiger partial charge in [-0.1, -0.05) is 30.3 Å². The van der Waals surface area contributed by atoms with Crippen LogP contribution in [0.25, 0.3) is 0 Å². The zero-order valence-corrected chi connectivity index (χ0v) is 11.1. The normalized spacial score (nSPS) is 10.2. The van der Waals surface area contributed by atoms with Crippen LogP contribution in [-0.4, -0.2) is 23.5 Å². The van der Waals surface area contributed by atoms with Gasteiger partial charge in [-0.05, 0) is 30.2 Å². The first-order chi connectivity index (χ1) is 9.61. The fourth-order valence-corrected chi connectivity index (χ4v) is 2.02. The molecule has 4 nitrogen and oxygen atoms in total. The van der Waals surface area contributed by atoms with Gasteiger partial charge in [-0.3, -0.25) is 4.79 Å². The van der Waals surface area contributed by atoms with Crippen molar-refractivity contribution in [2.24, 2.45) is 0 Å². The number of hydrogen-bond acceptors (Lipinski definition) is 4. The Balaban J connectivity index is 2.28. The van der Waals surface area contributed by atoms with Gasteiger partial charge in [0.05, 0.1) is 0 Å². The summed E-state index contributed by atoms with van der Waals surface area (Å²) in [6.07, 6.45) is 0.667. The molecular weight excluding hydrogens is 255 g/mol.